The Kier molecular flexibility index (Phi) is 4.88. The van der Waals surface area contributed by atoms with Crippen molar-refractivity contribution >= 4 is 0 Å². The van der Waals surface area contributed by atoms with Gasteiger partial charge in [-0.25, -0.2) is 4.39 Å². The smallest absolute Gasteiger partial charge is 0.123 e. The van der Waals surface area contributed by atoms with Crippen LogP contribution in [0.15, 0.2) is 18.2 Å². The van der Waals surface area contributed by atoms with Crippen LogP contribution in [-0.2, 0) is 4.74 Å². The highest BCUT2D eigenvalue weighted by Crippen LogP contribution is 2.34. The van der Waals surface area contributed by atoms with Gasteiger partial charge in [-0.05, 0) is 42.5 Å². The monoisotopic (exact) mass is 254 g/mol. The summed E-state index contributed by atoms with van der Waals surface area (Å²) in [5, 5.41) is 10.5. The normalized spacial score (nSPS) is 15.5. The Bertz CT molecular complexity index is 396. The molecule has 2 unspecified atom stereocenters. The Morgan fingerprint density at radius 3 is 2.44 bits per heavy atom. The van der Waals surface area contributed by atoms with E-state index in [-0.39, 0.29) is 17.3 Å². The van der Waals surface area contributed by atoms with Crippen LogP contribution in [0.1, 0.15) is 44.9 Å². The molecule has 0 saturated carbocycles. The Hall–Kier alpha value is -0.930. The van der Waals surface area contributed by atoms with E-state index in [0.29, 0.717) is 12.2 Å². The number of halogens is 1. The first-order valence-electron chi connectivity index (χ1n) is 6.33. The number of benzene rings is 1. The first-order valence-corrected chi connectivity index (χ1v) is 6.33. The molecule has 0 radical (unpaired) electrons. The van der Waals surface area contributed by atoms with Crippen molar-refractivity contribution in [3.8, 4) is 0 Å². The predicted molar refractivity (Wildman–Crippen MR) is 71.0 cm³/mol. The Labute approximate surface area is 109 Å². The molecule has 2 atom stereocenters. The standard InChI is InChI=1S/C15H23FO2/c1-6-18-14(15(3,4)5)13(17)12-9-11(16)8-7-10(12)2/h7-9,13-14,17H,6H2,1-5H3. The van der Waals surface area contributed by atoms with E-state index in [9.17, 15) is 9.50 Å². The second-order valence-electron chi connectivity index (χ2n) is 5.69. The predicted octanol–water partition coefficient (Wildman–Crippen LogP) is 3.62. The van der Waals surface area contributed by atoms with Crippen LogP contribution >= 0.6 is 0 Å². The fourth-order valence-corrected chi connectivity index (χ4v) is 2.09. The molecule has 1 aromatic rings. The molecule has 3 heteroatoms. The van der Waals surface area contributed by atoms with E-state index in [0.717, 1.165) is 5.56 Å². The molecule has 0 spiro atoms. The summed E-state index contributed by atoms with van der Waals surface area (Å²) in [6.07, 6.45) is -1.18. The molecule has 0 heterocycles. The Balaban J connectivity index is 3.09. The van der Waals surface area contributed by atoms with Crippen molar-refractivity contribution in [1.82, 2.24) is 0 Å². The lowest BCUT2D eigenvalue weighted by Gasteiger charge is -2.34. The summed E-state index contributed by atoms with van der Waals surface area (Å²) in [5.74, 6) is -0.334. The van der Waals surface area contributed by atoms with Gasteiger partial charge in [0.15, 0.2) is 0 Å². The van der Waals surface area contributed by atoms with Crippen LogP contribution in [0.2, 0.25) is 0 Å². The van der Waals surface area contributed by atoms with Gasteiger partial charge in [0.25, 0.3) is 0 Å². The van der Waals surface area contributed by atoms with Crippen LogP contribution in [0.25, 0.3) is 0 Å². The quantitative estimate of drug-likeness (QED) is 0.889. The summed E-state index contributed by atoms with van der Waals surface area (Å²) in [6.45, 7) is 10.3. The molecule has 0 aliphatic rings. The highest BCUT2D eigenvalue weighted by atomic mass is 19.1. The van der Waals surface area contributed by atoms with Gasteiger partial charge in [-0.3, -0.25) is 0 Å². The van der Waals surface area contributed by atoms with Crippen molar-refractivity contribution in [2.24, 2.45) is 5.41 Å². The highest BCUT2D eigenvalue weighted by molar-refractivity contribution is 5.29. The molecule has 0 saturated heterocycles. The summed E-state index contributed by atoms with van der Waals surface area (Å²) in [5.41, 5.74) is 1.26. The molecule has 0 amide bonds. The van der Waals surface area contributed by atoms with Gasteiger partial charge in [-0.15, -0.1) is 0 Å². The topological polar surface area (TPSA) is 29.5 Å². The van der Waals surface area contributed by atoms with Gasteiger partial charge >= 0.3 is 0 Å². The third-order valence-electron chi connectivity index (χ3n) is 3.05. The average Bonchev–Trinajstić information content (AvgIpc) is 2.27. The van der Waals surface area contributed by atoms with E-state index in [2.05, 4.69) is 0 Å². The van der Waals surface area contributed by atoms with Crippen molar-refractivity contribution in [2.75, 3.05) is 6.61 Å². The number of ether oxygens (including phenoxy) is 1. The van der Waals surface area contributed by atoms with Crippen molar-refractivity contribution in [3.63, 3.8) is 0 Å². The van der Waals surface area contributed by atoms with E-state index >= 15 is 0 Å². The molecule has 0 aliphatic carbocycles. The van der Waals surface area contributed by atoms with Crippen molar-refractivity contribution in [2.45, 2.75) is 46.8 Å². The molecule has 0 bridgehead atoms. The van der Waals surface area contributed by atoms with Crippen LogP contribution in [0.4, 0.5) is 4.39 Å². The minimum Gasteiger partial charge on any atom is -0.386 e. The molecular formula is C15H23FO2. The largest absolute Gasteiger partial charge is 0.386 e. The number of rotatable bonds is 4. The third-order valence-corrected chi connectivity index (χ3v) is 3.05. The van der Waals surface area contributed by atoms with Crippen LogP contribution in [0.3, 0.4) is 0 Å². The molecule has 18 heavy (non-hydrogen) atoms. The van der Waals surface area contributed by atoms with E-state index in [1.54, 1.807) is 6.07 Å². The van der Waals surface area contributed by atoms with Crippen LogP contribution < -0.4 is 0 Å². The number of aliphatic hydroxyl groups is 1. The van der Waals surface area contributed by atoms with E-state index in [1.165, 1.54) is 12.1 Å². The maximum atomic E-state index is 13.3. The maximum absolute atomic E-state index is 13.3. The van der Waals surface area contributed by atoms with Crippen molar-refractivity contribution < 1.29 is 14.2 Å². The van der Waals surface area contributed by atoms with Gasteiger partial charge in [0.05, 0.1) is 6.10 Å². The first-order chi connectivity index (χ1) is 8.27. The molecule has 2 nitrogen and oxygen atoms in total. The number of hydrogen-bond donors (Lipinski definition) is 1. The van der Waals surface area contributed by atoms with Gasteiger partial charge in [0, 0.05) is 6.61 Å². The van der Waals surface area contributed by atoms with Crippen molar-refractivity contribution in [1.29, 1.82) is 0 Å². The zero-order valence-electron chi connectivity index (χ0n) is 11.8. The first kappa shape index (κ1) is 15.1. The lowest BCUT2D eigenvalue weighted by atomic mass is 9.82. The molecule has 0 aromatic heterocycles. The van der Waals surface area contributed by atoms with Crippen LogP contribution in [0.5, 0.6) is 0 Å². The van der Waals surface area contributed by atoms with Crippen LogP contribution in [-0.4, -0.2) is 17.8 Å². The van der Waals surface area contributed by atoms with Crippen molar-refractivity contribution in [3.05, 3.63) is 35.1 Å². The zero-order valence-corrected chi connectivity index (χ0v) is 11.8. The molecule has 102 valence electrons. The van der Waals surface area contributed by atoms with Crippen LogP contribution in [0, 0.1) is 18.2 Å². The summed E-state index contributed by atoms with van der Waals surface area (Å²) in [4.78, 5) is 0. The van der Waals surface area contributed by atoms with Gasteiger partial charge < -0.3 is 9.84 Å². The van der Waals surface area contributed by atoms with E-state index in [1.807, 2.05) is 34.6 Å². The maximum Gasteiger partial charge on any atom is 0.123 e. The summed E-state index contributed by atoms with van der Waals surface area (Å²) < 4.78 is 18.9. The minimum atomic E-state index is -0.819. The van der Waals surface area contributed by atoms with Gasteiger partial charge in [-0.1, -0.05) is 26.8 Å². The number of aryl methyl sites for hydroxylation is 1. The van der Waals surface area contributed by atoms with E-state index < -0.39 is 6.10 Å². The molecule has 0 aliphatic heterocycles. The zero-order chi connectivity index (χ0) is 13.9. The average molecular weight is 254 g/mol. The third kappa shape index (κ3) is 3.53. The molecule has 1 aromatic carbocycles. The molecule has 1 N–H and O–H groups in total. The SMILES string of the molecule is CCOC(C(O)c1cc(F)ccc1C)C(C)(C)C. The van der Waals surface area contributed by atoms with Gasteiger partial charge in [0.1, 0.15) is 11.9 Å². The fraction of sp³-hybridized carbons (Fsp3) is 0.600. The van der Waals surface area contributed by atoms with Gasteiger partial charge in [-0.2, -0.15) is 0 Å². The fourth-order valence-electron chi connectivity index (χ4n) is 2.09. The second-order valence-corrected chi connectivity index (χ2v) is 5.69. The Morgan fingerprint density at radius 1 is 1.33 bits per heavy atom. The molecule has 0 fully saturated rings. The summed E-state index contributed by atoms with van der Waals surface area (Å²) >= 11 is 0. The Morgan fingerprint density at radius 2 is 1.94 bits per heavy atom. The minimum absolute atomic E-state index is 0.214. The molecular weight excluding hydrogens is 231 g/mol. The summed E-state index contributed by atoms with van der Waals surface area (Å²) in [6, 6.07) is 4.47. The van der Waals surface area contributed by atoms with E-state index in [4.69, 9.17) is 4.74 Å². The highest BCUT2D eigenvalue weighted by Gasteiger charge is 2.33. The molecule has 1 rings (SSSR count). The second kappa shape index (κ2) is 5.81. The summed E-state index contributed by atoms with van der Waals surface area (Å²) in [7, 11) is 0. The lowest BCUT2D eigenvalue weighted by Crippen LogP contribution is -2.35. The lowest BCUT2D eigenvalue weighted by molar-refractivity contribution is -0.0901. The number of aliphatic hydroxyl groups excluding tert-OH is 1. The number of hydrogen-bond acceptors (Lipinski definition) is 2. The van der Waals surface area contributed by atoms with Gasteiger partial charge in [0.2, 0.25) is 0 Å².